The van der Waals surface area contributed by atoms with Crippen LogP contribution in [0.1, 0.15) is 17.3 Å². The largest absolute Gasteiger partial charge is 0.383 e. The molecule has 2 aromatic rings. The van der Waals surface area contributed by atoms with E-state index in [9.17, 15) is 14.0 Å². The van der Waals surface area contributed by atoms with Crippen LogP contribution in [0.3, 0.4) is 0 Å². The quantitative estimate of drug-likeness (QED) is 0.683. The fourth-order valence-electron chi connectivity index (χ4n) is 1.80. The molecule has 8 heteroatoms. The Hall–Kier alpha value is -3.16. The van der Waals surface area contributed by atoms with Gasteiger partial charge >= 0.3 is 0 Å². The molecule has 0 radical (unpaired) electrons. The summed E-state index contributed by atoms with van der Waals surface area (Å²) in [5.74, 6) is -2.18. The number of benzene rings is 1. The minimum Gasteiger partial charge on any atom is -0.383 e. The summed E-state index contributed by atoms with van der Waals surface area (Å²) in [6, 6.07) is 7.53. The molecular formula is C14H14FN5O2. The Morgan fingerprint density at radius 1 is 1.23 bits per heavy atom. The van der Waals surface area contributed by atoms with E-state index in [-0.39, 0.29) is 23.1 Å². The smallest absolute Gasteiger partial charge is 0.252 e. The number of amides is 2. The van der Waals surface area contributed by atoms with Gasteiger partial charge in [0.1, 0.15) is 5.82 Å². The van der Waals surface area contributed by atoms with Gasteiger partial charge in [-0.2, -0.15) is 0 Å². The number of pyridine rings is 1. The number of nitrogens with two attached hydrogens (primary N) is 2. The fourth-order valence-corrected chi connectivity index (χ4v) is 1.80. The molecule has 1 aromatic carbocycles. The molecule has 0 spiro atoms. The van der Waals surface area contributed by atoms with Crippen LogP contribution in [-0.2, 0) is 4.79 Å². The third-order valence-corrected chi connectivity index (χ3v) is 2.72. The van der Waals surface area contributed by atoms with Gasteiger partial charge < -0.3 is 22.1 Å². The summed E-state index contributed by atoms with van der Waals surface area (Å²) < 4.78 is 13.9. The SMILES string of the molecule is CC(=O)Nc1cccc(Nc2nc(N)c(C(N)=O)cc2F)c1. The summed E-state index contributed by atoms with van der Waals surface area (Å²) >= 11 is 0. The number of halogens is 1. The molecule has 0 aliphatic carbocycles. The lowest BCUT2D eigenvalue weighted by molar-refractivity contribution is -0.114. The zero-order valence-corrected chi connectivity index (χ0v) is 11.7. The molecule has 0 saturated carbocycles. The van der Waals surface area contributed by atoms with E-state index in [1.807, 2.05) is 0 Å². The molecule has 0 saturated heterocycles. The maximum atomic E-state index is 13.9. The second-order valence-electron chi connectivity index (χ2n) is 4.50. The highest BCUT2D eigenvalue weighted by molar-refractivity contribution is 5.97. The van der Waals surface area contributed by atoms with Crippen LogP contribution in [0.4, 0.5) is 27.4 Å². The van der Waals surface area contributed by atoms with Gasteiger partial charge in [-0.25, -0.2) is 9.37 Å². The third kappa shape index (κ3) is 3.48. The molecule has 0 aliphatic heterocycles. The lowest BCUT2D eigenvalue weighted by Crippen LogP contribution is -2.16. The molecule has 6 N–H and O–H groups in total. The average molecular weight is 303 g/mol. The van der Waals surface area contributed by atoms with Crippen molar-refractivity contribution in [2.75, 3.05) is 16.4 Å². The number of nitrogen functional groups attached to an aromatic ring is 1. The Kier molecular flexibility index (Phi) is 4.21. The number of anilines is 4. The second-order valence-corrected chi connectivity index (χ2v) is 4.50. The van der Waals surface area contributed by atoms with E-state index in [0.29, 0.717) is 11.4 Å². The zero-order chi connectivity index (χ0) is 16.3. The van der Waals surface area contributed by atoms with E-state index >= 15 is 0 Å². The molecule has 0 bridgehead atoms. The van der Waals surface area contributed by atoms with Crippen molar-refractivity contribution >= 4 is 34.8 Å². The molecular weight excluding hydrogens is 289 g/mol. The van der Waals surface area contributed by atoms with Gasteiger partial charge in [-0.3, -0.25) is 9.59 Å². The van der Waals surface area contributed by atoms with Crippen LogP contribution < -0.4 is 22.1 Å². The first-order valence-electron chi connectivity index (χ1n) is 6.27. The van der Waals surface area contributed by atoms with E-state index in [1.165, 1.54) is 6.92 Å². The average Bonchev–Trinajstić information content (AvgIpc) is 2.42. The number of nitrogens with zero attached hydrogens (tertiary/aromatic N) is 1. The molecule has 0 atom stereocenters. The first kappa shape index (κ1) is 15.2. The van der Waals surface area contributed by atoms with Gasteiger partial charge in [-0.15, -0.1) is 0 Å². The summed E-state index contributed by atoms with van der Waals surface area (Å²) in [4.78, 5) is 25.9. The summed E-state index contributed by atoms with van der Waals surface area (Å²) in [6.45, 7) is 1.38. The summed E-state index contributed by atoms with van der Waals surface area (Å²) in [6.07, 6.45) is 0. The Balaban J connectivity index is 2.29. The number of carbonyl (C=O) groups excluding carboxylic acids is 2. The zero-order valence-electron chi connectivity index (χ0n) is 11.7. The maximum absolute atomic E-state index is 13.9. The predicted octanol–water partition coefficient (Wildman–Crippen LogP) is 1.60. The van der Waals surface area contributed by atoms with Gasteiger partial charge in [0, 0.05) is 18.3 Å². The highest BCUT2D eigenvalue weighted by Gasteiger charge is 2.13. The van der Waals surface area contributed by atoms with Crippen molar-refractivity contribution in [1.29, 1.82) is 0 Å². The van der Waals surface area contributed by atoms with Gasteiger partial charge in [0.15, 0.2) is 11.6 Å². The standard InChI is InChI=1S/C14H14FN5O2/c1-7(21)18-8-3-2-4-9(5-8)19-14-11(15)6-10(13(17)22)12(16)20-14/h2-6H,1H3,(H2,17,22)(H,18,21)(H3,16,19,20). The van der Waals surface area contributed by atoms with Crippen LogP contribution in [-0.4, -0.2) is 16.8 Å². The Bertz CT molecular complexity index is 748. The monoisotopic (exact) mass is 303 g/mol. The molecule has 2 rings (SSSR count). The van der Waals surface area contributed by atoms with Gasteiger partial charge in [0.05, 0.1) is 5.56 Å². The van der Waals surface area contributed by atoms with E-state index in [2.05, 4.69) is 15.6 Å². The first-order valence-corrected chi connectivity index (χ1v) is 6.27. The van der Waals surface area contributed by atoms with Crippen LogP contribution in [0, 0.1) is 5.82 Å². The van der Waals surface area contributed by atoms with Gasteiger partial charge in [0.25, 0.3) is 5.91 Å². The summed E-state index contributed by atoms with van der Waals surface area (Å²) in [5.41, 5.74) is 11.5. The number of hydrogen-bond donors (Lipinski definition) is 4. The maximum Gasteiger partial charge on any atom is 0.252 e. The number of rotatable bonds is 4. The Morgan fingerprint density at radius 3 is 2.55 bits per heavy atom. The molecule has 7 nitrogen and oxygen atoms in total. The minimum absolute atomic E-state index is 0.150. The number of hydrogen-bond acceptors (Lipinski definition) is 5. The molecule has 2 amide bonds. The third-order valence-electron chi connectivity index (χ3n) is 2.72. The Morgan fingerprint density at radius 2 is 1.91 bits per heavy atom. The molecule has 0 unspecified atom stereocenters. The molecule has 22 heavy (non-hydrogen) atoms. The number of aromatic nitrogens is 1. The van der Waals surface area contributed by atoms with Crippen LogP contribution in [0.15, 0.2) is 30.3 Å². The lowest BCUT2D eigenvalue weighted by Gasteiger charge is -2.10. The van der Waals surface area contributed by atoms with Gasteiger partial charge in [-0.05, 0) is 24.3 Å². The molecule has 0 aliphatic rings. The number of primary amides is 1. The number of nitrogens with one attached hydrogen (secondary N) is 2. The van der Waals surface area contributed by atoms with Crippen molar-refractivity contribution in [2.24, 2.45) is 5.73 Å². The van der Waals surface area contributed by atoms with E-state index in [1.54, 1.807) is 24.3 Å². The van der Waals surface area contributed by atoms with Crippen molar-refractivity contribution in [3.8, 4) is 0 Å². The van der Waals surface area contributed by atoms with Crippen LogP contribution in [0.5, 0.6) is 0 Å². The van der Waals surface area contributed by atoms with E-state index < -0.39 is 11.7 Å². The summed E-state index contributed by atoms with van der Waals surface area (Å²) in [7, 11) is 0. The van der Waals surface area contributed by atoms with Crippen molar-refractivity contribution < 1.29 is 14.0 Å². The molecule has 0 fully saturated rings. The normalized spacial score (nSPS) is 10.1. The predicted molar refractivity (Wildman–Crippen MR) is 81.2 cm³/mol. The highest BCUT2D eigenvalue weighted by Crippen LogP contribution is 2.23. The summed E-state index contributed by atoms with van der Waals surface area (Å²) in [5, 5.41) is 5.33. The van der Waals surface area contributed by atoms with Crippen molar-refractivity contribution in [1.82, 2.24) is 4.98 Å². The first-order chi connectivity index (χ1) is 10.4. The van der Waals surface area contributed by atoms with Crippen LogP contribution in [0.2, 0.25) is 0 Å². The van der Waals surface area contributed by atoms with Crippen molar-refractivity contribution in [2.45, 2.75) is 6.92 Å². The van der Waals surface area contributed by atoms with Crippen molar-refractivity contribution in [3.05, 3.63) is 41.7 Å². The van der Waals surface area contributed by atoms with Crippen molar-refractivity contribution in [3.63, 3.8) is 0 Å². The molecule has 114 valence electrons. The fraction of sp³-hybridized carbons (Fsp3) is 0.0714. The second kappa shape index (κ2) is 6.08. The van der Waals surface area contributed by atoms with E-state index in [0.717, 1.165) is 6.07 Å². The molecule has 1 aromatic heterocycles. The topological polar surface area (TPSA) is 123 Å². The molecule has 1 heterocycles. The Labute approximate surface area is 125 Å². The van der Waals surface area contributed by atoms with E-state index in [4.69, 9.17) is 11.5 Å². The lowest BCUT2D eigenvalue weighted by atomic mass is 10.2. The number of carbonyl (C=O) groups is 2. The van der Waals surface area contributed by atoms with Gasteiger partial charge in [-0.1, -0.05) is 6.07 Å². The van der Waals surface area contributed by atoms with Gasteiger partial charge in [0.2, 0.25) is 5.91 Å². The van der Waals surface area contributed by atoms with Crippen LogP contribution >= 0.6 is 0 Å². The highest BCUT2D eigenvalue weighted by atomic mass is 19.1. The van der Waals surface area contributed by atoms with Crippen LogP contribution in [0.25, 0.3) is 0 Å². The minimum atomic E-state index is -0.858.